The van der Waals surface area contributed by atoms with Crippen molar-refractivity contribution in [3.05, 3.63) is 12.7 Å². The molecular weight excluding hydrogens is 365 g/mol. The van der Waals surface area contributed by atoms with Crippen LogP contribution in [0, 0.1) is 0 Å². The number of ether oxygens (including phenoxy) is 1. The molecule has 2 aromatic rings. The average Bonchev–Trinajstić information content (AvgIpc) is 3.01. The van der Waals surface area contributed by atoms with Gasteiger partial charge in [-0.05, 0) is 11.8 Å². The van der Waals surface area contributed by atoms with Crippen LogP contribution in [0.25, 0.3) is 11.2 Å². The van der Waals surface area contributed by atoms with E-state index in [4.69, 9.17) is 26.8 Å². The van der Waals surface area contributed by atoms with Gasteiger partial charge in [0.15, 0.2) is 17.7 Å². The van der Waals surface area contributed by atoms with Crippen LogP contribution >= 0.6 is 17.9 Å². The highest BCUT2D eigenvalue weighted by atomic mass is 32.9. The van der Waals surface area contributed by atoms with Crippen LogP contribution in [0.2, 0.25) is 0 Å². The number of hydrogen-bond acceptors (Lipinski definition) is 9. The number of imidazole rings is 1. The summed E-state index contributed by atoms with van der Waals surface area (Å²) in [6.07, 6.45) is -1.48. The van der Waals surface area contributed by atoms with E-state index < -0.39 is 36.8 Å². The molecule has 0 amide bonds. The van der Waals surface area contributed by atoms with Crippen molar-refractivity contribution in [1.29, 1.82) is 0 Å². The molecule has 1 aliphatic rings. The van der Waals surface area contributed by atoms with Gasteiger partial charge in [-0.2, -0.15) is 0 Å². The number of thiol groups is 1. The van der Waals surface area contributed by atoms with Gasteiger partial charge in [-0.1, -0.05) is 12.2 Å². The highest BCUT2D eigenvalue weighted by Crippen LogP contribution is 2.51. The molecule has 1 saturated heterocycles. The van der Waals surface area contributed by atoms with E-state index in [0.29, 0.717) is 11.2 Å². The molecule has 1 aliphatic heterocycles. The lowest BCUT2D eigenvalue weighted by molar-refractivity contribution is -0.0503. The van der Waals surface area contributed by atoms with Crippen LogP contribution in [0.15, 0.2) is 12.7 Å². The van der Waals surface area contributed by atoms with E-state index in [0.717, 1.165) is 0 Å². The van der Waals surface area contributed by atoms with Gasteiger partial charge in [-0.15, -0.1) is 0 Å². The number of nitrogens with two attached hydrogens (primary N) is 1. The summed E-state index contributed by atoms with van der Waals surface area (Å²) in [6, 6.07) is 0. The maximum Gasteiger partial charge on any atom is 0.242 e. The van der Waals surface area contributed by atoms with Crippen molar-refractivity contribution in [3.63, 3.8) is 0 Å². The Balaban J connectivity index is 1.96. The molecule has 13 heteroatoms. The molecule has 5 atom stereocenters. The number of aromatic nitrogens is 4. The van der Waals surface area contributed by atoms with Crippen molar-refractivity contribution in [3.8, 4) is 0 Å². The van der Waals surface area contributed by atoms with Gasteiger partial charge >= 0.3 is 0 Å². The summed E-state index contributed by atoms with van der Waals surface area (Å²) < 4.78 is 12.2. The van der Waals surface area contributed by atoms with Crippen molar-refractivity contribution in [1.82, 2.24) is 19.5 Å². The van der Waals surface area contributed by atoms with Crippen LogP contribution in [-0.4, -0.2) is 59.5 Å². The summed E-state index contributed by atoms with van der Waals surface area (Å²) in [5.74, 6) is 0.189. The molecule has 0 bridgehead atoms. The molecule has 2 aromatic heterocycles. The highest BCUT2D eigenvalue weighted by molar-refractivity contribution is 8.59. The van der Waals surface area contributed by atoms with Gasteiger partial charge in [-0.25, -0.2) is 15.0 Å². The van der Waals surface area contributed by atoms with Crippen LogP contribution in [-0.2, 0) is 21.1 Å². The molecule has 5 N–H and O–H groups in total. The molecule has 0 aromatic carbocycles. The first kappa shape index (κ1) is 17.0. The van der Waals surface area contributed by atoms with Crippen molar-refractivity contribution < 1.29 is 24.4 Å². The van der Waals surface area contributed by atoms with Gasteiger partial charge in [0.25, 0.3) is 0 Å². The zero-order chi connectivity index (χ0) is 16.8. The number of nitrogen functional groups attached to an aromatic ring is 1. The lowest BCUT2D eigenvalue weighted by Gasteiger charge is -2.22. The first-order chi connectivity index (χ1) is 10.8. The summed E-state index contributed by atoms with van der Waals surface area (Å²) >= 11 is 8.49. The van der Waals surface area contributed by atoms with Crippen LogP contribution in [0.1, 0.15) is 6.23 Å². The van der Waals surface area contributed by atoms with Crippen LogP contribution in [0.5, 0.6) is 0 Å². The van der Waals surface area contributed by atoms with E-state index in [9.17, 15) is 15.1 Å². The van der Waals surface area contributed by atoms with Crippen molar-refractivity contribution in [2.45, 2.75) is 24.5 Å². The lowest BCUT2D eigenvalue weighted by atomic mass is 10.1. The van der Waals surface area contributed by atoms with E-state index in [1.165, 1.54) is 17.2 Å². The Morgan fingerprint density at radius 2 is 2.22 bits per heavy atom. The Morgan fingerprint density at radius 1 is 1.48 bits per heavy atom. The molecule has 3 rings (SSSR count). The molecule has 1 fully saturated rings. The zero-order valence-corrected chi connectivity index (χ0v) is 14.1. The summed E-state index contributed by atoms with van der Waals surface area (Å²) in [5.41, 5.74) is 3.07. The Kier molecular flexibility index (Phi) is 4.60. The number of nitrogens with zero attached hydrogens (tertiary/aromatic N) is 4. The van der Waals surface area contributed by atoms with Crippen molar-refractivity contribution >= 4 is 46.7 Å². The number of aliphatic hydroxyl groups is 2. The topological polar surface area (TPSA) is 149 Å². The van der Waals surface area contributed by atoms with E-state index in [2.05, 4.69) is 27.2 Å². The Morgan fingerprint density at radius 3 is 2.87 bits per heavy atom. The predicted octanol–water partition coefficient (Wildman–Crippen LogP) is -0.809. The van der Waals surface area contributed by atoms with Crippen LogP contribution in [0.4, 0.5) is 5.82 Å². The van der Waals surface area contributed by atoms with Gasteiger partial charge < -0.3 is 30.1 Å². The van der Waals surface area contributed by atoms with Crippen molar-refractivity contribution in [2.75, 3.05) is 12.3 Å². The molecule has 0 aliphatic carbocycles. The standard InChI is InChI=1S/C10H14N5O5PS2/c11-8-5-9(13-2-12-8)15(3-14-5)10-6(17)7(4(1-16)19-10)20-21(18,22)23/h2-4,6-7,10,16-17H,1H2,(H2,11,12,13)(H2,18,22,23)/t4-,6-,7-,10-/m1/s1. The fraction of sp³-hybridized carbons (Fsp3) is 0.500. The fourth-order valence-electron chi connectivity index (χ4n) is 2.44. The minimum Gasteiger partial charge on any atom is -0.394 e. The second kappa shape index (κ2) is 6.22. The monoisotopic (exact) mass is 379 g/mol. The minimum absolute atomic E-state index is 0.189. The summed E-state index contributed by atoms with van der Waals surface area (Å²) in [6.45, 7) is -0.439. The van der Waals surface area contributed by atoms with Crippen molar-refractivity contribution in [2.24, 2.45) is 0 Å². The van der Waals surface area contributed by atoms with Gasteiger partial charge in [-0.3, -0.25) is 4.57 Å². The fourth-order valence-corrected chi connectivity index (χ4v) is 3.64. The van der Waals surface area contributed by atoms with Gasteiger partial charge in [0.1, 0.15) is 30.2 Å². The molecule has 3 heterocycles. The van der Waals surface area contributed by atoms with E-state index in [1.54, 1.807) is 0 Å². The molecule has 0 saturated carbocycles. The number of rotatable bonds is 4. The Labute approximate surface area is 140 Å². The van der Waals surface area contributed by atoms with E-state index >= 15 is 0 Å². The largest absolute Gasteiger partial charge is 0.394 e. The maximum atomic E-state index is 10.5. The van der Waals surface area contributed by atoms with E-state index in [1.807, 2.05) is 0 Å². The quantitative estimate of drug-likeness (QED) is 0.337. The van der Waals surface area contributed by atoms with Gasteiger partial charge in [0.05, 0.1) is 12.9 Å². The average molecular weight is 379 g/mol. The molecule has 0 spiro atoms. The summed E-state index contributed by atoms with van der Waals surface area (Å²) in [4.78, 5) is 21.6. The summed E-state index contributed by atoms with van der Waals surface area (Å²) in [7, 11) is 0. The second-order valence-corrected chi connectivity index (χ2v) is 10.00. The summed E-state index contributed by atoms with van der Waals surface area (Å²) in [5, 5.41) is 19.9. The maximum absolute atomic E-state index is 10.5. The third-order valence-corrected chi connectivity index (χ3v) is 4.47. The molecule has 0 radical (unpaired) electrons. The predicted molar refractivity (Wildman–Crippen MR) is 87.1 cm³/mol. The molecule has 10 nitrogen and oxygen atoms in total. The van der Waals surface area contributed by atoms with Crippen LogP contribution in [0.3, 0.4) is 0 Å². The number of fused-ring (bicyclic) bond motifs is 1. The van der Waals surface area contributed by atoms with Gasteiger partial charge in [0.2, 0.25) is 5.69 Å². The number of aliphatic hydroxyl groups excluding tert-OH is 2. The zero-order valence-electron chi connectivity index (χ0n) is 11.5. The Hall–Kier alpha value is -0.850. The molecular formula is C10H14N5O5PS2. The van der Waals surface area contributed by atoms with Crippen LogP contribution < -0.4 is 5.73 Å². The first-order valence-electron chi connectivity index (χ1n) is 6.43. The molecule has 1 unspecified atom stereocenters. The van der Waals surface area contributed by atoms with E-state index in [-0.39, 0.29) is 5.82 Å². The normalized spacial score (nSPS) is 30.6. The number of hydrogen-bond donors (Lipinski definition) is 5. The number of anilines is 1. The molecule has 23 heavy (non-hydrogen) atoms. The smallest absolute Gasteiger partial charge is 0.242 e. The minimum atomic E-state index is -3.36. The molecule has 126 valence electrons. The lowest BCUT2D eigenvalue weighted by Crippen LogP contribution is -2.35. The third kappa shape index (κ3) is 3.21. The third-order valence-electron chi connectivity index (χ3n) is 3.41. The SMILES string of the molecule is Nc1ncnc2c1ncn2[C@@H]1O[C@H](CO)[C@@H](OP(O)(=S)S)[C@H]1O. The second-order valence-electron chi connectivity index (χ2n) is 4.88. The first-order valence-corrected chi connectivity index (χ1v) is 10.3. The Bertz CT molecular complexity index is 769. The van der Waals surface area contributed by atoms with Gasteiger partial charge in [0, 0.05) is 0 Å². The highest BCUT2D eigenvalue weighted by Gasteiger charge is 2.47.